The molecule has 0 spiro atoms. The number of carbonyl (C=O) groups excluding carboxylic acids is 1. The summed E-state index contributed by atoms with van der Waals surface area (Å²) in [6.45, 7) is 3.70. The number of halogens is 1. The first-order valence-corrected chi connectivity index (χ1v) is 10.5. The molecular weight excluding hydrogens is 422 g/mol. The van der Waals surface area contributed by atoms with Crippen LogP contribution in [-0.2, 0) is 9.53 Å². The van der Waals surface area contributed by atoms with Gasteiger partial charge in [-0.05, 0) is 43.2 Å². The van der Waals surface area contributed by atoms with Crippen molar-refractivity contribution in [2.24, 2.45) is 4.99 Å². The van der Waals surface area contributed by atoms with Crippen LogP contribution in [0.4, 0.5) is 0 Å². The third-order valence-corrected chi connectivity index (χ3v) is 6.03. The Hall–Kier alpha value is -3.03. The van der Waals surface area contributed by atoms with Gasteiger partial charge >= 0.3 is 5.97 Å². The summed E-state index contributed by atoms with van der Waals surface area (Å²) in [5.74, 6) is -0.509. The minimum absolute atomic E-state index is 0.219. The van der Waals surface area contributed by atoms with Crippen molar-refractivity contribution in [2.45, 2.75) is 19.9 Å². The molecule has 8 heteroatoms. The number of benzene rings is 1. The van der Waals surface area contributed by atoms with E-state index in [4.69, 9.17) is 16.3 Å². The van der Waals surface area contributed by atoms with Gasteiger partial charge in [-0.15, -0.1) is 0 Å². The zero-order valence-corrected chi connectivity index (χ0v) is 17.9. The number of fused-ring (bicyclic) bond motifs is 1. The Kier molecular flexibility index (Phi) is 5.65. The van der Waals surface area contributed by atoms with E-state index in [2.05, 4.69) is 9.98 Å². The molecule has 0 bridgehead atoms. The monoisotopic (exact) mass is 439 g/mol. The van der Waals surface area contributed by atoms with Gasteiger partial charge in [0.05, 0.1) is 22.4 Å². The number of esters is 1. The van der Waals surface area contributed by atoms with Gasteiger partial charge in [0, 0.05) is 17.4 Å². The van der Waals surface area contributed by atoms with Crippen LogP contribution in [0.2, 0.25) is 5.02 Å². The van der Waals surface area contributed by atoms with Crippen molar-refractivity contribution >= 4 is 35.0 Å². The lowest BCUT2D eigenvalue weighted by Gasteiger charge is -2.25. The molecule has 1 atom stereocenters. The lowest BCUT2D eigenvalue weighted by molar-refractivity contribution is -0.139. The Bertz CT molecular complexity index is 1330. The van der Waals surface area contributed by atoms with Crippen LogP contribution < -0.4 is 14.9 Å². The SMILES string of the molecule is CCOC(=O)C1=C(C)N=c2s/c(=C/c3cccnc3)c(=O)n2[C@@H]1c1ccccc1Cl. The highest BCUT2D eigenvalue weighted by Gasteiger charge is 2.34. The van der Waals surface area contributed by atoms with Crippen LogP contribution in [-0.4, -0.2) is 22.1 Å². The lowest BCUT2D eigenvalue weighted by Crippen LogP contribution is -2.40. The highest BCUT2D eigenvalue weighted by molar-refractivity contribution is 7.07. The predicted molar refractivity (Wildman–Crippen MR) is 116 cm³/mol. The Morgan fingerprint density at radius 2 is 2.10 bits per heavy atom. The number of carbonyl (C=O) groups is 1. The predicted octanol–water partition coefficient (Wildman–Crippen LogP) is 2.85. The number of rotatable bonds is 4. The minimum Gasteiger partial charge on any atom is -0.463 e. The molecule has 0 saturated carbocycles. The Balaban J connectivity index is 1.99. The second-order valence-electron chi connectivity index (χ2n) is 6.61. The Morgan fingerprint density at radius 1 is 1.30 bits per heavy atom. The molecule has 0 saturated heterocycles. The molecule has 0 N–H and O–H groups in total. The molecule has 0 amide bonds. The average Bonchev–Trinajstić information content (AvgIpc) is 3.03. The zero-order chi connectivity index (χ0) is 21.3. The number of nitrogens with zero attached hydrogens (tertiary/aromatic N) is 3. The number of hydrogen-bond donors (Lipinski definition) is 0. The summed E-state index contributed by atoms with van der Waals surface area (Å²) >= 11 is 7.74. The molecule has 0 aliphatic carbocycles. The molecule has 1 aliphatic heterocycles. The minimum atomic E-state index is -0.718. The van der Waals surface area contributed by atoms with Crippen molar-refractivity contribution in [3.05, 3.63) is 95.9 Å². The van der Waals surface area contributed by atoms with Crippen molar-refractivity contribution in [1.82, 2.24) is 9.55 Å². The second kappa shape index (κ2) is 8.38. The van der Waals surface area contributed by atoms with Gasteiger partial charge in [0.15, 0.2) is 4.80 Å². The van der Waals surface area contributed by atoms with Crippen molar-refractivity contribution in [3.8, 4) is 0 Å². The Morgan fingerprint density at radius 3 is 2.80 bits per heavy atom. The summed E-state index contributed by atoms with van der Waals surface area (Å²) in [5.41, 5.74) is 2.02. The van der Waals surface area contributed by atoms with Crippen molar-refractivity contribution < 1.29 is 9.53 Å². The van der Waals surface area contributed by atoms with Crippen molar-refractivity contribution in [2.75, 3.05) is 6.61 Å². The topological polar surface area (TPSA) is 73.6 Å². The summed E-state index contributed by atoms with van der Waals surface area (Å²) in [5, 5.41) is 0.459. The second-order valence-corrected chi connectivity index (χ2v) is 8.03. The molecule has 6 nitrogen and oxygen atoms in total. The number of thiazole rings is 1. The molecular formula is C22H18ClN3O3S. The average molecular weight is 440 g/mol. The van der Waals surface area contributed by atoms with E-state index in [1.807, 2.05) is 18.2 Å². The van der Waals surface area contributed by atoms with Gasteiger partial charge < -0.3 is 4.74 Å². The zero-order valence-electron chi connectivity index (χ0n) is 16.3. The van der Waals surface area contributed by atoms with Gasteiger partial charge in [-0.1, -0.05) is 47.2 Å². The molecule has 2 aromatic heterocycles. The van der Waals surface area contributed by atoms with E-state index in [1.165, 1.54) is 15.9 Å². The molecule has 3 heterocycles. The van der Waals surface area contributed by atoms with E-state index < -0.39 is 12.0 Å². The summed E-state index contributed by atoms with van der Waals surface area (Å²) < 4.78 is 7.29. The third-order valence-electron chi connectivity index (χ3n) is 4.70. The standard InChI is InChI=1S/C22H18ClN3O3S/c1-3-29-21(28)18-13(2)25-22-26(19(18)15-8-4-5-9-16(15)23)20(27)17(30-22)11-14-7-6-10-24-12-14/h4-12,19H,3H2,1-2H3/b17-11+/t19-/m1/s1. The summed E-state index contributed by atoms with van der Waals surface area (Å²) in [6, 6.07) is 10.1. The number of aromatic nitrogens is 2. The van der Waals surface area contributed by atoms with Gasteiger partial charge in [-0.2, -0.15) is 0 Å². The van der Waals surface area contributed by atoms with Crippen LogP contribution >= 0.6 is 22.9 Å². The molecule has 0 unspecified atom stereocenters. The van der Waals surface area contributed by atoms with Crippen LogP contribution in [0.15, 0.2) is 69.8 Å². The molecule has 0 radical (unpaired) electrons. The Labute approximate surface area is 181 Å². The van der Waals surface area contributed by atoms with Crippen molar-refractivity contribution in [1.29, 1.82) is 0 Å². The fraction of sp³-hybridized carbons (Fsp3) is 0.182. The van der Waals surface area contributed by atoms with Crippen LogP contribution in [0.3, 0.4) is 0 Å². The van der Waals surface area contributed by atoms with E-state index in [0.717, 1.165) is 5.56 Å². The maximum absolute atomic E-state index is 13.4. The lowest BCUT2D eigenvalue weighted by atomic mass is 9.96. The summed E-state index contributed by atoms with van der Waals surface area (Å²) in [6.07, 6.45) is 5.12. The van der Waals surface area contributed by atoms with E-state index in [1.54, 1.807) is 50.5 Å². The first kappa shape index (κ1) is 20.3. The van der Waals surface area contributed by atoms with Gasteiger partial charge in [0.2, 0.25) is 0 Å². The van der Waals surface area contributed by atoms with E-state index >= 15 is 0 Å². The first-order valence-electron chi connectivity index (χ1n) is 9.35. The van der Waals surface area contributed by atoms with Gasteiger partial charge in [0.25, 0.3) is 5.56 Å². The fourth-order valence-electron chi connectivity index (χ4n) is 3.40. The molecule has 3 aromatic rings. The summed E-state index contributed by atoms with van der Waals surface area (Å²) in [4.78, 5) is 35.3. The maximum Gasteiger partial charge on any atom is 0.338 e. The number of ether oxygens (including phenoxy) is 1. The van der Waals surface area contributed by atoms with Crippen LogP contribution in [0.5, 0.6) is 0 Å². The van der Waals surface area contributed by atoms with Gasteiger partial charge in [-0.25, -0.2) is 9.79 Å². The van der Waals surface area contributed by atoms with Crippen LogP contribution in [0.1, 0.15) is 31.0 Å². The van der Waals surface area contributed by atoms with Crippen molar-refractivity contribution in [3.63, 3.8) is 0 Å². The quantitative estimate of drug-likeness (QED) is 0.586. The fourth-order valence-corrected chi connectivity index (χ4v) is 4.68. The highest BCUT2D eigenvalue weighted by Crippen LogP contribution is 2.34. The number of allylic oxidation sites excluding steroid dienone is 1. The normalized spacial score (nSPS) is 16.2. The third kappa shape index (κ3) is 3.62. The molecule has 30 heavy (non-hydrogen) atoms. The van der Waals surface area contributed by atoms with Gasteiger partial charge in [-0.3, -0.25) is 14.3 Å². The number of pyridine rings is 1. The van der Waals surface area contributed by atoms with Gasteiger partial charge in [0.1, 0.15) is 6.04 Å². The molecule has 1 aliphatic rings. The van der Waals surface area contributed by atoms with Crippen LogP contribution in [0, 0.1) is 0 Å². The maximum atomic E-state index is 13.4. The highest BCUT2D eigenvalue weighted by atomic mass is 35.5. The molecule has 0 fully saturated rings. The van der Waals surface area contributed by atoms with Crippen LogP contribution in [0.25, 0.3) is 6.08 Å². The number of hydrogen-bond acceptors (Lipinski definition) is 6. The summed E-state index contributed by atoms with van der Waals surface area (Å²) in [7, 11) is 0. The largest absolute Gasteiger partial charge is 0.463 e. The molecule has 4 rings (SSSR count). The van der Waals surface area contributed by atoms with E-state index in [-0.39, 0.29) is 12.2 Å². The molecule has 1 aromatic carbocycles. The first-order chi connectivity index (χ1) is 14.5. The van der Waals surface area contributed by atoms with E-state index in [9.17, 15) is 9.59 Å². The smallest absolute Gasteiger partial charge is 0.338 e. The van der Waals surface area contributed by atoms with E-state index in [0.29, 0.717) is 31.2 Å². The molecule has 152 valence electrons.